The minimum Gasteiger partial charge on any atom is -0.453 e. The van der Waals surface area contributed by atoms with Gasteiger partial charge in [0.15, 0.2) is 5.15 Å². The fourth-order valence-electron chi connectivity index (χ4n) is 3.31. The van der Waals surface area contributed by atoms with E-state index in [0.29, 0.717) is 16.9 Å². The summed E-state index contributed by atoms with van der Waals surface area (Å²) >= 11 is 8.37. The number of rotatable bonds is 7. The van der Waals surface area contributed by atoms with Crippen molar-refractivity contribution in [2.75, 3.05) is 12.4 Å². The van der Waals surface area contributed by atoms with Crippen LogP contribution in [0.4, 0.5) is 10.5 Å². The molecule has 0 saturated heterocycles. The van der Waals surface area contributed by atoms with Crippen LogP contribution in [0.15, 0.2) is 60.9 Å². The van der Waals surface area contributed by atoms with E-state index in [-0.39, 0.29) is 11.1 Å². The van der Waals surface area contributed by atoms with E-state index in [2.05, 4.69) is 63.7 Å². The Morgan fingerprint density at radius 1 is 1.14 bits per heavy atom. The van der Waals surface area contributed by atoms with E-state index in [1.807, 2.05) is 25.1 Å². The Labute approximate surface area is 230 Å². The number of amides is 2. The van der Waals surface area contributed by atoms with E-state index in [0.717, 1.165) is 22.4 Å². The second kappa shape index (κ2) is 11.9. The second-order valence-corrected chi connectivity index (χ2v) is 9.29. The average molecular weight is 631 g/mol. The van der Waals surface area contributed by atoms with Crippen molar-refractivity contribution in [3.05, 3.63) is 82.8 Å². The zero-order valence-corrected chi connectivity index (χ0v) is 22.5. The van der Waals surface area contributed by atoms with Crippen LogP contribution < -0.4 is 10.6 Å². The molecule has 2 heterocycles. The summed E-state index contributed by atoms with van der Waals surface area (Å²) < 4.78 is 5.64. The first kappa shape index (κ1) is 26.2. The zero-order valence-electron chi connectivity index (χ0n) is 19.6. The quantitative estimate of drug-likeness (QED) is 0.132. The van der Waals surface area contributed by atoms with Crippen molar-refractivity contribution in [3.63, 3.8) is 0 Å². The van der Waals surface area contributed by atoms with E-state index in [4.69, 9.17) is 11.6 Å². The van der Waals surface area contributed by atoms with Gasteiger partial charge in [0, 0.05) is 28.5 Å². The number of carbonyl (C=O) groups is 2. The third-order valence-corrected chi connectivity index (χ3v) is 6.40. The highest BCUT2D eigenvalue weighted by Crippen LogP contribution is 2.30. The molecule has 188 valence electrons. The summed E-state index contributed by atoms with van der Waals surface area (Å²) in [5.74, 6) is -0.323. The number of ether oxygens (including phenoxy) is 1. The first-order valence-corrected chi connectivity index (χ1v) is 12.4. The molecule has 0 spiro atoms. The molecule has 0 aliphatic rings. The fourth-order valence-corrected chi connectivity index (χ4v) is 4.47. The Morgan fingerprint density at radius 2 is 1.92 bits per heavy atom. The van der Waals surface area contributed by atoms with Crippen LogP contribution >= 0.6 is 34.2 Å². The smallest absolute Gasteiger partial charge is 0.411 e. The van der Waals surface area contributed by atoms with E-state index in [1.54, 1.807) is 36.4 Å². The van der Waals surface area contributed by atoms with Gasteiger partial charge in [-0.25, -0.2) is 4.79 Å². The molecule has 13 heteroatoms. The normalized spacial score (nSPS) is 11.8. The van der Waals surface area contributed by atoms with Gasteiger partial charge >= 0.3 is 6.09 Å². The van der Waals surface area contributed by atoms with Gasteiger partial charge in [-0.1, -0.05) is 58.0 Å². The van der Waals surface area contributed by atoms with E-state index in [9.17, 15) is 9.59 Å². The lowest BCUT2D eigenvalue weighted by Gasteiger charge is -2.14. The lowest BCUT2D eigenvalue weighted by molar-refractivity contribution is -0.116. The number of halogens is 2. The number of nitrogens with zero attached hydrogens (tertiary/aromatic N) is 6. The monoisotopic (exact) mass is 630 g/mol. The van der Waals surface area contributed by atoms with Crippen LogP contribution in [0.5, 0.6) is 0 Å². The molecule has 0 fully saturated rings. The van der Waals surface area contributed by atoms with Crippen LogP contribution in [0, 0.1) is 6.92 Å². The highest BCUT2D eigenvalue weighted by Gasteiger charge is 2.17. The topological polar surface area (TPSA) is 137 Å². The number of alkyl halides is 1. The average Bonchev–Trinajstić information content (AvgIpc) is 3.43. The lowest BCUT2D eigenvalue weighted by Crippen LogP contribution is -2.23. The molecule has 1 unspecified atom stereocenters. The molecule has 0 aliphatic heterocycles. The molecule has 0 saturated carbocycles. The summed E-state index contributed by atoms with van der Waals surface area (Å²) in [4.78, 5) is 24.1. The van der Waals surface area contributed by atoms with Crippen molar-refractivity contribution in [2.45, 2.75) is 11.0 Å². The molecule has 0 bridgehead atoms. The minimum absolute atomic E-state index is 0.177. The van der Waals surface area contributed by atoms with Gasteiger partial charge in [-0.2, -0.15) is 4.68 Å². The minimum atomic E-state index is -0.562. The number of nitrogens with one attached hydrogen (secondary N) is 2. The molecule has 4 rings (SSSR count). The number of benzene rings is 2. The van der Waals surface area contributed by atoms with Gasteiger partial charge in [0.1, 0.15) is 10.4 Å². The Hall–Kier alpha value is -3.91. The number of anilines is 1. The molecule has 2 N–H and O–H groups in total. The van der Waals surface area contributed by atoms with Crippen molar-refractivity contribution in [1.29, 1.82) is 0 Å². The number of aromatic nitrogens is 6. The zero-order chi connectivity index (χ0) is 26.4. The van der Waals surface area contributed by atoms with Gasteiger partial charge in [0.25, 0.3) is 0 Å². The van der Waals surface area contributed by atoms with Crippen molar-refractivity contribution < 1.29 is 14.3 Å². The van der Waals surface area contributed by atoms with Crippen molar-refractivity contribution in [1.82, 2.24) is 35.7 Å². The molecule has 0 radical (unpaired) electrons. The molecular formula is C24H20ClIN8O3. The molecule has 2 aromatic carbocycles. The van der Waals surface area contributed by atoms with Crippen LogP contribution in [0.3, 0.4) is 0 Å². The van der Waals surface area contributed by atoms with Gasteiger partial charge in [-0.05, 0) is 53.8 Å². The maximum absolute atomic E-state index is 12.7. The maximum Gasteiger partial charge on any atom is 0.411 e. The van der Waals surface area contributed by atoms with Gasteiger partial charge in [-0.3, -0.25) is 10.1 Å². The third-order valence-electron chi connectivity index (χ3n) is 5.12. The number of aryl methyl sites for hydroxylation is 1. The standard InChI is InChI=1S/C24H20ClIN8O3/c1-14-3-9-20(34-13-27-32-33-34)16(11-14)6-10-21(35)29-23(26)18-12-19(30-31-22(18)25)15-4-7-17(8-5-15)28-24(36)37-2/h3-13,23H,1-2H3,(H,28,36)(H,29,35)/b10-6+. The van der Waals surface area contributed by atoms with Crippen LogP contribution in [0.2, 0.25) is 5.15 Å². The maximum atomic E-state index is 12.7. The van der Waals surface area contributed by atoms with Gasteiger partial charge in [-0.15, -0.1) is 15.3 Å². The predicted molar refractivity (Wildman–Crippen MR) is 146 cm³/mol. The Morgan fingerprint density at radius 3 is 2.62 bits per heavy atom. The summed E-state index contributed by atoms with van der Waals surface area (Å²) in [6.45, 7) is 1.96. The van der Waals surface area contributed by atoms with Crippen LogP contribution in [-0.4, -0.2) is 49.5 Å². The van der Waals surface area contributed by atoms with E-state index >= 15 is 0 Å². The highest BCUT2D eigenvalue weighted by atomic mass is 127. The molecule has 1 atom stereocenters. The van der Waals surface area contributed by atoms with Crippen molar-refractivity contribution in [3.8, 4) is 16.9 Å². The van der Waals surface area contributed by atoms with Gasteiger partial charge in [0.2, 0.25) is 5.91 Å². The second-order valence-electron chi connectivity index (χ2n) is 7.69. The SMILES string of the molecule is COC(=O)Nc1ccc(-c2cc(C(I)NC(=O)/C=C/c3cc(C)ccc3-n3cnnn3)c(Cl)nn2)cc1. The van der Waals surface area contributed by atoms with Crippen LogP contribution in [0.1, 0.15) is 20.7 Å². The molecule has 11 nitrogen and oxygen atoms in total. The fraction of sp³-hybridized carbons (Fsp3) is 0.125. The van der Waals surface area contributed by atoms with Gasteiger partial charge in [0.05, 0.1) is 18.5 Å². The summed E-state index contributed by atoms with van der Waals surface area (Å²) in [6, 6.07) is 14.5. The Bertz CT molecular complexity index is 1450. The van der Waals surface area contributed by atoms with E-state index in [1.165, 1.54) is 24.2 Å². The molecule has 4 aromatic rings. The Kier molecular flexibility index (Phi) is 8.40. The van der Waals surface area contributed by atoms with Gasteiger partial charge < -0.3 is 10.1 Å². The summed E-state index contributed by atoms with van der Waals surface area (Å²) in [7, 11) is 1.29. The van der Waals surface area contributed by atoms with Crippen molar-refractivity contribution >= 4 is 58.0 Å². The molecular weight excluding hydrogens is 611 g/mol. The summed E-state index contributed by atoms with van der Waals surface area (Å²) in [5.41, 5.74) is 5.02. The molecule has 0 aliphatic carbocycles. The summed E-state index contributed by atoms with van der Waals surface area (Å²) in [5, 5.41) is 25.1. The van der Waals surface area contributed by atoms with Crippen LogP contribution in [-0.2, 0) is 9.53 Å². The van der Waals surface area contributed by atoms with E-state index < -0.39 is 10.1 Å². The lowest BCUT2D eigenvalue weighted by atomic mass is 10.1. The van der Waals surface area contributed by atoms with Crippen molar-refractivity contribution in [2.24, 2.45) is 0 Å². The molecule has 2 amide bonds. The molecule has 37 heavy (non-hydrogen) atoms. The summed E-state index contributed by atoms with van der Waals surface area (Å²) in [6.07, 6.45) is 4.06. The first-order chi connectivity index (χ1) is 17.8. The molecule has 2 aromatic heterocycles. The highest BCUT2D eigenvalue weighted by molar-refractivity contribution is 14.1. The van der Waals surface area contributed by atoms with Crippen LogP contribution in [0.25, 0.3) is 23.0 Å². The Balaban J connectivity index is 1.48. The first-order valence-electron chi connectivity index (χ1n) is 10.8. The number of hydrogen-bond donors (Lipinski definition) is 2. The third kappa shape index (κ3) is 6.65. The largest absolute Gasteiger partial charge is 0.453 e. The number of methoxy groups -OCH3 is 1. The number of tetrazole rings is 1. The number of carbonyl (C=O) groups excluding carboxylic acids is 2. The number of hydrogen-bond acceptors (Lipinski definition) is 8. The predicted octanol–water partition coefficient (Wildman–Crippen LogP) is 4.52.